The Labute approximate surface area is 142 Å². The summed E-state index contributed by atoms with van der Waals surface area (Å²) in [6, 6.07) is 14.4. The number of carbonyl (C=O) groups is 1. The van der Waals surface area contributed by atoms with Crippen LogP contribution in [-0.4, -0.2) is 53.0 Å². The summed E-state index contributed by atoms with van der Waals surface area (Å²) < 4.78 is 0. The molecule has 0 aliphatic carbocycles. The molecule has 2 aliphatic heterocycles. The minimum Gasteiger partial charge on any atom is -0.319 e. The highest BCUT2D eigenvalue weighted by Crippen LogP contribution is 2.24. The Kier molecular flexibility index (Phi) is 3.94. The van der Waals surface area contributed by atoms with Crippen LogP contribution in [0.2, 0.25) is 0 Å². The predicted molar refractivity (Wildman–Crippen MR) is 95.0 cm³/mol. The van der Waals surface area contributed by atoms with Crippen LogP contribution in [0.3, 0.4) is 0 Å². The van der Waals surface area contributed by atoms with E-state index in [1.54, 1.807) is 0 Å². The van der Waals surface area contributed by atoms with Gasteiger partial charge in [0.25, 0.3) is 0 Å². The fraction of sp³-hybridized carbons (Fsp3) is 0.368. The van der Waals surface area contributed by atoms with E-state index in [4.69, 9.17) is 0 Å². The van der Waals surface area contributed by atoms with Crippen molar-refractivity contribution in [3.8, 4) is 11.1 Å². The summed E-state index contributed by atoms with van der Waals surface area (Å²) in [5.74, 6) is 0.623. The zero-order valence-corrected chi connectivity index (χ0v) is 13.9. The quantitative estimate of drug-likeness (QED) is 0.925. The van der Waals surface area contributed by atoms with Crippen molar-refractivity contribution in [2.45, 2.75) is 19.4 Å². The van der Waals surface area contributed by atoms with Gasteiger partial charge in [0.05, 0.1) is 0 Å². The molecule has 2 aromatic rings. The van der Waals surface area contributed by atoms with Crippen molar-refractivity contribution in [3.63, 3.8) is 0 Å². The SMILES string of the molecule is Cc1nc(NC(=O)N2CCN3CCC2C3)ccc1-c1ccccc1. The summed E-state index contributed by atoms with van der Waals surface area (Å²) in [7, 11) is 0. The van der Waals surface area contributed by atoms with Gasteiger partial charge in [0.15, 0.2) is 0 Å². The Morgan fingerprint density at radius 2 is 1.96 bits per heavy atom. The maximum atomic E-state index is 12.6. The first-order chi connectivity index (χ1) is 11.7. The third-order valence-corrected chi connectivity index (χ3v) is 5.01. The molecule has 0 saturated carbocycles. The first-order valence-electron chi connectivity index (χ1n) is 8.54. The van der Waals surface area contributed by atoms with Gasteiger partial charge in [-0.1, -0.05) is 30.3 Å². The van der Waals surface area contributed by atoms with Gasteiger partial charge in [-0.25, -0.2) is 9.78 Å². The molecule has 24 heavy (non-hydrogen) atoms. The molecule has 124 valence electrons. The molecular formula is C19H22N4O. The molecule has 1 aromatic carbocycles. The van der Waals surface area contributed by atoms with E-state index < -0.39 is 0 Å². The van der Waals surface area contributed by atoms with E-state index in [-0.39, 0.29) is 6.03 Å². The monoisotopic (exact) mass is 322 g/mol. The van der Waals surface area contributed by atoms with Crippen molar-refractivity contribution in [2.24, 2.45) is 0 Å². The Hall–Kier alpha value is -2.40. The largest absolute Gasteiger partial charge is 0.323 e. The van der Waals surface area contributed by atoms with Crippen LogP contribution in [0.4, 0.5) is 10.6 Å². The van der Waals surface area contributed by atoms with Gasteiger partial charge in [0.1, 0.15) is 5.82 Å². The lowest BCUT2D eigenvalue weighted by Crippen LogP contribution is -2.51. The zero-order chi connectivity index (χ0) is 16.5. The van der Waals surface area contributed by atoms with E-state index >= 15 is 0 Å². The van der Waals surface area contributed by atoms with E-state index in [1.807, 2.05) is 42.2 Å². The van der Waals surface area contributed by atoms with Gasteiger partial charge in [-0.15, -0.1) is 0 Å². The Morgan fingerprint density at radius 1 is 1.12 bits per heavy atom. The van der Waals surface area contributed by atoms with Crippen molar-refractivity contribution in [1.29, 1.82) is 0 Å². The number of nitrogens with zero attached hydrogens (tertiary/aromatic N) is 3. The number of fused-ring (bicyclic) bond motifs is 2. The van der Waals surface area contributed by atoms with Crippen LogP contribution in [-0.2, 0) is 0 Å². The molecule has 0 spiro atoms. The molecule has 4 rings (SSSR count). The third-order valence-electron chi connectivity index (χ3n) is 5.01. The molecule has 2 bridgehead atoms. The van der Waals surface area contributed by atoms with Crippen LogP contribution in [0.15, 0.2) is 42.5 Å². The second-order valence-electron chi connectivity index (χ2n) is 6.56. The minimum atomic E-state index is -0.0269. The van der Waals surface area contributed by atoms with Crippen molar-refractivity contribution in [1.82, 2.24) is 14.8 Å². The highest BCUT2D eigenvalue weighted by Gasteiger charge is 2.35. The highest BCUT2D eigenvalue weighted by molar-refractivity contribution is 5.89. The van der Waals surface area contributed by atoms with Gasteiger partial charge in [0.2, 0.25) is 0 Å². The molecule has 2 unspecified atom stereocenters. The van der Waals surface area contributed by atoms with Crippen molar-refractivity contribution in [2.75, 3.05) is 31.5 Å². The molecule has 2 fully saturated rings. The summed E-state index contributed by atoms with van der Waals surface area (Å²) in [5, 5.41) is 2.97. The number of aromatic nitrogens is 1. The van der Waals surface area contributed by atoms with E-state index in [2.05, 4.69) is 27.3 Å². The van der Waals surface area contributed by atoms with E-state index in [0.29, 0.717) is 11.9 Å². The van der Waals surface area contributed by atoms with Crippen LogP contribution in [0.25, 0.3) is 11.1 Å². The number of hydrogen-bond acceptors (Lipinski definition) is 3. The fourth-order valence-electron chi connectivity index (χ4n) is 3.70. The number of urea groups is 1. The number of carbonyl (C=O) groups excluding carboxylic acids is 1. The number of anilines is 1. The molecule has 2 atom stereocenters. The van der Waals surface area contributed by atoms with E-state index in [1.165, 1.54) is 0 Å². The lowest BCUT2D eigenvalue weighted by atomic mass is 10.0. The smallest absolute Gasteiger partial charge is 0.319 e. The number of aryl methyl sites for hydroxylation is 1. The van der Waals surface area contributed by atoms with Crippen LogP contribution in [0, 0.1) is 6.92 Å². The standard InChI is InChI=1S/C19H22N4O/c1-14-17(15-5-3-2-4-6-15)7-8-18(20-14)21-19(24)23-12-11-22-10-9-16(23)13-22/h2-8,16H,9-13H2,1H3,(H,20,21,24). The summed E-state index contributed by atoms with van der Waals surface area (Å²) >= 11 is 0. The number of pyridine rings is 1. The second kappa shape index (κ2) is 6.24. The summed E-state index contributed by atoms with van der Waals surface area (Å²) in [5.41, 5.74) is 3.16. The number of amides is 2. The molecule has 5 heteroatoms. The zero-order valence-electron chi connectivity index (χ0n) is 13.9. The third kappa shape index (κ3) is 2.87. The topological polar surface area (TPSA) is 48.5 Å². The fourth-order valence-corrected chi connectivity index (χ4v) is 3.70. The number of piperazine rings is 1. The molecule has 1 N–H and O–H groups in total. The summed E-state index contributed by atoms with van der Waals surface area (Å²) in [6.45, 7) is 5.87. The Balaban J connectivity index is 1.49. The first kappa shape index (κ1) is 15.1. The van der Waals surface area contributed by atoms with Crippen LogP contribution in [0.1, 0.15) is 12.1 Å². The first-order valence-corrected chi connectivity index (χ1v) is 8.54. The number of nitrogens with one attached hydrogen (secondary N) is 1. The highest BCUT2D eigenvalue weighted by atomic mass is 16.2. The number of rotatable bonds is 2. The molecule has 2 aliphatic rings. The lowest BCUT2D eigenvalue weighted by molar-refractivity contribution is 0.153. The number of hydrogen-bond donors (Lipinski definition) is 1. The predicted octanol–water partition coefficient (Wildman–Crippen LogP) is 2.98. The van der Waals surface area contributed by atoms with Crippen LogP contribution in [0.5, 0.6) is 0 Å². The van der Waals surface area contributed by atoms with Gasteiger partial charge in [-0.3, -0.25) is 10.2 Å². The van der Waals surface area contributed by atoms with Crippen molar-refractivity contribution < 1.29 is 4.79 Å². The van der Waals surface area contributed by atoms with Crippen molar-refractivity contribution in [3.05, 3.63) is 48.2 Å². The van der Waals surface area contributed by atoms with Gasteiger partial charge >= 0.3 is 6.03 Å². The Morgan fingerprint density at radius 3 is 2.75 bits per heavy atom. The summed E-state index contributed by atoms with van der Waals surface area (Å²) in [6.07, 6.45) is 1.08. The van der Waals surface area contributed by atoms with E-state index in [9.17, 15) is 4.79 Å². The average Bonchev–Trinajstić information content (AvgIpc) is 2.96. The molecule has 0 radical (unpaired) electrons. The maximum Gasteiger partial charge on any atom is 0.323 e. The lowest BCUT2D eigenvalue weighted by Gasteiger charge is -2.34. The van der Waals surface area contributed by atoms with Crippen molar-refractivity contribution >= 4 is 11.8 Å². The molecular weight excluding hydrogens is 300 g/mol. The number of benzene rings is 1. The van der Waals surface area contributed by atoms with Crippen LogP contribution >= 0.6 is 0 Å². The van der Waals surface area contributed by atoms with Gasteiger partial charge in [-0.05, 0) is 31.0 Å². The molecule has 2 saturated heterocycles. The molecule has 5 nitrogen and oxygen atoms in total. The minimum absolute atomic E-state index is 0.0269. The molecule has 2 amide bonds. The van der Waals surface area contributed by atoms with Gasteiger partial charge < -0.3 is 4.90 Å². The normalized spacial score (nSPS) is 22.5. The van der Waals surface area contributed by atoms with Crippen LogP contribution < -0.4 is 5.32 Å². The van der Waals surface area contributed by atoms with Gasteiger partial charge in [0, 0.05) is 43.5 Å². The van der Waals surface area contributed by atoms with E-state index in [0.717, 1.165) is 49.4 Å². The Bertz CT molecular complexity index is 746. The van der Waals surface area contributed by atoms with Gasteiger partial charge in [-0.2, -0.15) is 0 Å². The second-order valence-corrected chi connectivity index (χ2v) is 6.56. The molecule has 3 heterocycles. The molecule has 1 aromatic heterocycles. The summed E-state index contributed by atoms with van der Waals surface area (Å²) in [4.78, 5) is 21.5. The average molecular weight is 322 g/mol. The maximum absolute atomic E-state index is 12.6.